The lowest BCUT2D eigenvalue weighted by molar-refractivity contribution is -0.123. The summed E-state index contributed by atoms with van der Waals surface area (Å²) in [6, 6.07) is -0.360. The Bertz CT molecular complexity index is 245. The van der Waals surface area contributed by atoms with Crippen LogP contribution in [-0.2, 0) is 4.79 Å². The minimum atomic E-state index is -0.360. The van der Waals surface area contributed by atoms with Gasteiger partial charge in [-0.25, -0.2) is 0 Å². The van der Waals surface area contributed by atoms with Crippen molar-refractivity contribution in [2.45, 2.75) is 39.2 Å². The van der Waals surface area contributed by atoms with Crippen molar-refractivity contribution in [1.82, 2.24) is 10.2 Å². The fraction of sp³-hybridized carbons (Fsp3) is 0.923. The number of nitrogens with zero attached hydrogens (tertiary/aromatic N) is 1. The minimum absolute atomic E-state index is 0.00702. The molecule has 0 radical (unpaired) electrons. The molecule has 1 rings (SSSR count). The number of rotatable bonds is 5. The molecule has 0 spiro atoms. The third kappa shape index (κ3) is 4.64. The predicted octanol–water partition coefficient (Wildman–Crippen LogP) is 0.818. The van der Waals surface area contributed by atoms with Gasteiger partial charge in [-0.1, -0.05) is 20.3 Å². The minimum Gasteiger partial charge on any atom is -0.354 e. The van der Waals surface area contributed by atoms with Crippen molar-refractivity contribution in [1.29, 1.82) is 0 Å². The van der Waals surface area contributed by atoms with Crippen LogP contribution >= 0.6 is 0 Å². The molecule has 4 nitrogen and oxygen atoms in total. The summed E-state index contributed by atoms with van der Waals surface area (Å²) in [6.45, 7) is 7.12. The molecule has 0 aromatic carbocycles. The number of piperidine rings is 1. The summed E-state index contributed by atoms with van der Waals surface area (Å²) in [7, 11) is 2.14. The Morgan fingerprint density at radius 3 is 2.88 bits per heavy atom. The van der Waals surface area contributed by atoms with E-state index in [1.807, 2.05) is 6.92 Å². The fourth-order valence-corrected chi connectivity index (χ4v) is 2.31. The molecule has 0 aliphatic carbocycles. The molecular formula is C13H27N3O. The van der Waals surface area contributed by atoms with Crippen LogP contribution in [0.5, 0.6) is 0 Å². The first-order valence-corrected chi connectivity index (χ1v) is 6.76. The average molecular weight is 241 g/mol. The highest BCUT2D eigenvalue weighted by atomic mass is 16.2. The normalized spacial score (nSPS) is 25.3. The van der Waals surface area contributed by atoms with Crippen LogP contribution in [0.25, 0.3) is 0 Å². The molecule has 3 atom stereocenters. The van der Waals surface area contributed by atoms with Crippen molar-refractivity contribution in [2.24, 2.45) is 17.6 Å². The summed E-state index contributed by atoms with van der Waals surface area (Å²) in [6.07, 6.45) is 3.39. The second kappa shape index (κ2) is 6.97. The summed E-state index contributed by atoms with van der Waals surface area (Å²) in [4.78, 5) is 14.1. The average Bonchev–Trinajstić information content (AvgIpc) is 2.34. The third-order valence-corrected chi connectivity index (χ3v) is 3.85. The van der Waals surface area contributed by atoms with Gasteiger partial charge in [0.2, 0.25) is 5.91 Å². The highest BCUT2D eigenvalue weighted by Crippen LogP contribution is 2.14. The predicted molar refractivity (Wildman–Crippen MR) is 70.7 cm³/mol. The molecule has 1 fully saturated rings. The summed E-state index contributed by atoms with van der Waals surface area (Å²) in [5, 5.41) is 3.00. The van der Waals surface area contributed by atoms with Gasteiger partial charge in [-0.05, 0) is 38.3 Å². The van der Waals surface area contributed by atoms with E-state index in [1.54, 1.807) is 0 Å². The van der Waals surface area contributed by atoms with E-state index in [0.29, 0.717) is 5.92 Å². The number of nitrogens with one attached hydrogen (secondary N) is 1. The van der Waals surface area contributed by atoms with Gasteiger partial charge in [0, 0.05) is 13.1 Å². The largest absolute Gasteiger partial charge is 0.354 e. The maximum atomic E-state index is 11.8. The second-order valence-electron chi connectivity index (χ2n) is 5.43. The zero-order valence-electron chi connectivity index (χ0n) is 11.4. The van der Waals surface area contributed by atoms with Gasteiger partial charge in [0.1, 0.15) is 0 Å². The quantitative estimate of drug-likeness (QED) is 0.749. The smallest absolute Gasteiger partial charge is 0.237 e. The summed E-state index contributed by atoms with van der Waals surface area (Å²) in [5.74, 6) is 0.846. The SMILES string of the molecule is CC[C@H](C)[C@H](N)C(=O)NCC1CCCN(C)C1. The maximum Gasteiger partial charge on any atom is 0.237 e. The highest BCUT2D eigenvalue weighted by Gasteiger charge is 2.22. The molecule has 1 unspecified atom stereocenters. The molecule has 100 valence electrons. The number of carbonyl (C=O) groups is 1. The van der Waals surface area contributed by atoms with Gasteiger partial charge in [0.15, 0.2) is 0 Å². The Morgan fingerprint density at radius 2 is 2.29 bits per heavy atom. The fourth-order valence-electron chi connectivity index (χ4n) is 2.31. The van der Waals surface area contributed by atoms with Gasteiger partial charge < -0.3 is 16.0 Å². The molecule has 0 saturated carbocycles. The Kier molecular flexibility index (Phi) is 5.92. The van der Waals surface area contributed by atoms with Crippen LogP contribution in [0.2, 0.25) is 0 Å². The van der Waals surface area contributed by atoms with Crippen LogP contribution in [0.15, 0.2) is 0 Å². The lowest BCUT2D eigenvalue weighted by atomic mass is 9.97. The number of carbonyl (C=O) groups excluding carboxylic acids is 1. The molecule has 3 N–H and O–H groups in total. The second-order valence-corrected chi connectivity index (χ2v) is 5.43. The number of amides is 1. The molecule has 0 aromatic rings. The Balaban J connectivity index is 2.27. The van der Waals surface area contributed by atoms with E-state index in [2.05, 4.69) is 24.2 Å². The van der Waals surface area contributed by atoms with Crippen LogP contribution in [0.4, 0.5) is 0 Å². The first-order chi connectivity index (χ1) is 8.04. The summed E-state index contributed by atoms with van der Waals surface area (Å²) >= 11 is 0. The summed E-state index contributed by atoms with van der Waals surface area (Å²) in [5.41, 5.74) is 5.89. The van der Waals surface area contributed by atoms with Crippen molar-refractivity contribution in [3.8, 4) is 0 Å². The van der Waals surface area contributed by atoms with Gasteiger partial charge in [0.25, 0.3) is 0 Å². The molecule has 4 heteroatoms. The Labute approximate surface area is 105 Å². The van der Waals surface area contributed by atoms with E-state index < -0.39 is 0 Å². The Morgan fingerprint density at radius 1 is 1.59 bits per heavy atom. The van der Waals surface area contributed by atoms with Crippen molar-refractivity contribution in [3.05, 3.63) is 0 Å². The van der Waals surface area contributed by atoms with Crippen LogP contribution in [0, 0.1) is 11.8 Å². The van der Waals surface area contributed by atoms with E-state index in [-0.39, 0.29) is 17.9 Å². The molecule has 0 bridgehead atoms. The van der Waals surface area contributed by atoms with E-state index in [0.717, 1.165) is 19.5 Å². The molecule has 1 aliphatic rings. The standard InChI is InChI=1S/C13H27N3O/c1-4-10(2)12(14)13(17)15-8-11-6-5-7-16(3)9-11/h10-12H,4-9,14H2,1-3H3,(H,15,17)/t10-,11?,12-/m0/s1. The number of hydrogen-bond donors (Lipinski definition) is 2. The summed E-state index contributed by atoms with van der Waals surface area (Å²) < 4.78 is 0. The van der Waals surface area contributed by atoms with Crippen molar-refractivity contribution in [3.63, 3.8) is 0 Å². The van der Waals surface area contributed by atoms with E-state index in [9.17, 15) is 4.79 Å². The molecule has 17 heavy (non-hydrogen) atoms. The number of likely N-dealkylation sites (tertiary alicyclic amines) is 1. The van der Waals surface area contributed by atoms with Crippen LogP contribution in [-0.4, -0.2) is 43.5 Å². The zero-order chi connectivity index (χ0) is 12.8. The monoisotopic (exact) mass is 241 g/mol. The molecule has 1 saturated heterocycles. The molecule has 1 aliphatic heterocycles. The van der Waals surface area contributed by atoms with Crippen molar-refractivity contribution in [2.75, 3.05) is 26.7 Å². The highest BCUT2D eigenvalue weighted by molar-refractivity contribution is 5.81. The van der Waals surface area contributed by atoms with Crippen LogP contribution in [0.1, 0.15) is 33.1 Å². The first kappa shape index (κ1) is 14.5. The topological polar surface area (TPSA) is 58.4 Å². The molecule has 1 heterocycles. The van der Waals surface area contributed by atoms with Gasteiger partial charge in [-0.15, -0.1) is 0 Å². The lowest BCUT2D eigenvalue weighted by Gasteiger charge is -2.30. The van der Waals surface area contributed by atoms with Gasteiger partial charge >= 0.3 is 0 Å². The molecule has 0 aromatic heterocycles. The van der Waals surface area contributed by atoms with Gasteiger partial charge in [-0.3, -0.25) is 4.79 Å². The zero-order valence-corrected chi connectivity index (χ0v) is 11.4. The number of hydrogen-bond acceptors (Lipinski definition) is 3. The first-order valence-electron chi connectivity index (χ1n) is 6.76. The van der Waals surface area contributed by atoms with Crippen molar-refractivity contribution >= 4 is 5.91 Å². The van der Waals surface area contributed by atoms with E-state index >= 15 is 0 Å². The van der Waals surface area contributed by atoms with E-state index in [4.69, 9.17) is 5.73 Å². The number of nitrogens with two attached hydrogens (primary N) is 1. The van der Waals surface area contributed by atoms with Crippen LogP contribution < -0.4 is 11.1 Å². The van der Waals surface area contributed by atoms with Crippen molar-refractivity contribution < 1.29 is 4.79 Å². The third-order valence-electron chi connectivity index (χ3n) is 3.85. The lowest BCUT2D eigenvalue weighted by Crippen LogP contribution is -2.47. The van der Waals surface area contributed by atoms with Gasteiger partial charge in [0.05, 0.1) is 6.04 Å². The molecular weight excluding hydrogens is 214 g/mol. The van der Waals surface area contributed by atoms with E-state index in [1.165, 1.54) is 19.4 Å². The Hall–Kier alpha value is -0.610. The van der Waals surface area contributed by atoms with Gasteiger partial charge in [-0.2, -0.15) is 0 Å². The van der Waals surface area contributed by atoms with Crippen LogP contribution in [0.3, 0.4) is 0 Å². The maximum absolute atomic E-state index is 11.8. The molecule has 1 amide bonds.